The number of hydrogen-bond acceptors (Lipinski definition) is 8. The number of aromatic nitrogens is 2. The molecule has 6 nitrogen and oxygen atoms in total. The molecule has 1 atom stereocenters. The van der Waals surface area contributed by atoms with Crippen molar-refractivity contribution in [1.29, 1.82) is 5.26 Å². The highest BCUT2D eigenvalue weighted by Crippen LogP contribution is 2.50. The number of nitriles is 1. The first-order valence-corrected chi connectivity index (χ1v) is 11.7. The summed E-state index contributed by atoms with van der Waals surface area (Å²) in [7, 11) is 0. The molecule has 30 heavy (non-hydrogen) atoms. The summed E-state index contributed by atoms with van der Waals surface area (Å²) >= 11 is 2.91. The number of Topliss-reactive ketones (excluding diaryl/α,β-unsaturated/α-hetero) is 1. The Morgan fingerprint density at radius 1 is 1.27 bits per heavy atom. The van der Waals surface area contributed by atoms with E-state index in [0.29, 0.717) is 34.9 Å². The molecule has 0 saturated carbocycles. The van der Waals surface area contributed by atoms with E-state index in [1.165, 1.54) is 23.1 Å². The number of anilines is 1. The lowest BCUT2D eigenvalue weighted by Crippen LogP contribution is -2.42. The van der Waals surface area contributed by atoms with Crippen LogP contribution in [-0.4, -0.2) is 22.2 Å². The van der Waals surface area contributed by atoms with Crippen molar-refractivity contribution in [3.05, 3.63) is 58.1 Å². The van der Waals surface area contributed by atoms with Crippen LogP contribution in [0.1, 0.15) is 43.7 Å². The molecule has 2 heterocycles. The summed E-state index contributed by atoms with van der Waals surface area (Å²) in [6, 6.07) is 10.3. The number of rotatable bonds is 3. The summed E-state index contributed by atoms with van der Waals surface area (Å²) in [6.45, 7) is 6.18. The van der Waals surface area contributed by atoms with Crippen LogP contribution >= 0.6 is 23.1 Å². The van der Waals surface area contributed by atoms with Crippen LogP contribution in [0.5, 0.6) is 0 Å². The van der Waals surface area contributed by atoms with Gasteiger partial charge >= 0.3 is 0 Å². The van der Waals surface area contributed by atoms with E-state index in [4.69, 9.17) is 5.73 Å². The van der Waals surface area contributed by atoms with Crippen LogP contribution in [0, 0.1) is 23.7 Å². The predicted molar refractivity (Wildman–Crippen MR) is 120 cm³/mol. The molecule has 0 amide bonds. The molecule has 0 fully saturated rings. The van der Waals surface area contributed by atoms with Gasteiger partial charge in [-0.1, -0.05) is 66.8 Å². The van der Waals surface area contributed by atoms with Crippen LogP contribution in [-0.2, 0) is 4.79 Å². The third-order valence-electron chi connectivity index (χ3n) is 5.55. The van der Waals surface area contributed by atoms with E-state index in [2.05, 4.69) is 30.1 Å². The van der Waals surface area contributed by atoms with Gasteiger partial charge in [-0.05, 0) is 30.6 Å². The summed E-state index contributed by atoms with van der Waals surface area (Å²) in [5.41, 5.74) is 10.3. The van der Waals surface area contributed by atoms with Gasteiger partial charge in [0.2, 0.25) is 5.13 Å². The highest BCUT2D eigenvalue weighted by Gasteiger charge is 2.45. The Balaban J connectivity index is 1.97. The first-order chi connectivity index (χ1) is 14.3. The Labute approximate surface area is 184 Å². The van der Waals surface area contributed by atoms with Crippen molar-refractivity contribution in [3.8, 4) is 6.07 Å². The topological polar surface area (TPSA) is 95.9 Å². The van der Waals surface area contributed by atoms with Crippen molar-refractivity contribution < 1.29 is 4.79 Å². The Hall–Kier alpha value is -2.63. The third kappa shape index (κ3) is 3.42. The molecule has 154 valence electrons. The molecule has 0 radical (unpaired) electrons. The largest absolute Gasteiger partial charge is 0.384 e. The molecule has 4 rings (SSSR count). The van der Waals surface area contributed by atoms with Gasteiger partial charge < -0.3 is 5.73 Å². The van der Waals surface area contributed by atoms with Crippen LogP contribution in [0.25, 0.3) is 0 Å². The van der Waals surface area contributed by atoms with E-state index in [0.717, 1.165) is 21.2 Å². The number of nitrogens with zero attached hydrogens (tertiary/aromatic N) is 4. The molecule has 0 saturated heterocycles. The van der Waals surface area contributed by atoms with E-state index in [1.54, 1.807) is 4.90 Å². The number of aryl methyl sites for hydroxylation is 1. The lowest BCUT2D eigenvalue weighted by atomic mass is 9.68. The number of hydrogen-bond donors (Lipinski definition) is 1. The Morgan fingerprint density at radius 3 is 2.57 bits per heavy atom. The zero-order valence-electron chi connectivity index (χ0n) is 17.4. The maximum atomic E-state index is 13.4. The molecule has 0 spiro atoms. The minimum absolute atomic E-state index is 0.0617. The van der Waals surface area contributed by atoms with E-state index in [1.807, 2.05) is 37.4 Å². The fourth-order valence-corrected chi connectivity index (χ4v) is 5.49. The average Bonchev–Trinajstić information content (AvgIpc) is 3.15. The first kappa shape index (κ1) is 20.6. The van der Waals surface area contributed by atoms with Gasteiger partial charge in [0.1, 0.15) is 5.82 Å². The van der Waals surface area contributed by atoms with Gasteiger partial charge in [-0.2, -0.15) is 5.26 Å². The number of benzene rings is 1. The zero-order chi connectivity index (χ0) is 21.6. The highest BCUT2D eigenvalue weighted by atomic mass is 32.2. The summed E-state index contributed by atoms with van der Waals surface area (Å²) in [5, 5.41) is 19.1. The van der Waals surface area contributed by atoms with E-state index in [9.17, 15) is 10.1 Å². The highest BCUT2D eigenvalue weighted by molar-refractivity contribution is 8.00. The lowest BCUT2D eigenvalue weighted by Gasteiger charge is -2.42. The molecule has 1 aliphatic carbocycles. The number of carbonyl (C=O) groups excluding carboxylic acids is 1. The maximum Gasteiger partial charge on any atom is 0.219 e. The van der Waals surface area contributed by atoms with Crippen LogP contribution < -0.4 is 10.6 Å². The third-order valence-corrected chi connectivity index (χ3v) is 7.44. The average molecular weight is 438 g/mol. The van der Waals surface area contributed by atoms with Gasteiger partial charge in [-0.15, -0.1) is 10.2 Å². The van der Waals surface area contributed by atoms with Crippen LogP contribution in [0.3, 0.4) is 0 Å². The second kappa shape index (κ2) is 7.56. The van der Waals surface area contributed by atoms with Crippen molar-refractivity contribution in [2.24, 2.45) is 11.1 Å². The summed E-state index contributed by atoms with van der Waals surface area (Å²) < 4.78 is 0.806. The fraction of sp³-hybridized carbons (Fsp3) is 0.364. The van der Waals surface area contributed by atoms with Gasteiger partial charge in [0, 0.05) is 17.7 Å². The molecule has 1 aromatic carbocycles. The second-order valence-electron chi connectivity index (χ2n) is 8.45. The minimum atomic E-state index is -0.460. The molecule has 1 aromatic heterocycles. The Kier molecular flexibility index (Phi) is 5.20. The van der Waals surface area contributed by atoms with Gasteiger partial charge in [-0.25, -0.2) is 0 Å². The van der Waals surface area contributed by atoms with E-state index >= 15 is 0 Å². The molecule has 2 aromatic rings. The molecular weight excluding hydrogens is 414 g/mol. The van der Waals surface area contributed by atoms with Crippen molar-refractivity contribution in [1.82, 2.24) is 10.2 Å². The van der Waals surface area contributed by atoms with Gasteiger partial charge in [0.25, 0.3) is 0 Å². The number of carbonyl (C=O) groups is 1. The second-order valence-corrected chi connectivity index (χ2v) is 10.5. The number of thioether (sulfide) groups is 1. The van der Waals surface area contributed by atoms with Gasteiger partial charge in [-0.3, -0.25) is 9.69 Å². The van der Waals surface area contributed by atoms with E-state index < -0.39 is 5.92 Å². The fourth-order valence-electron chi connectivity index (χ4n) is 4.19. The van der Waals surface area contributed by atoms with E-state index in [-0.39, 0.29) is 11.2 Å². The summed E-state index contributed by atoms with van der Waals surface area (Å²) in [6.07, 6.45) is 3.04. The van der Waals surface area contributed by atoms with Crippen LogP contribution in [0.15, 0.2) is 51.3 Å². The quantitative estimate of drug-likeness (QED) is 0.706. The molecule has 8 heteroatoms. The first-order valence-electron chi connectivity index (χ1n) is 9.66. The van der Waals surface area contributed by atoms with Crippen LogP contribution in [0.2, 0.25) is 0 Å². The van der Waals surface area contributed by atoms with Gasteiger partial charge in [0.05, 0.1) is 17.6 Å². The smallest absolute Gasteiger partial charge is 0.219 e. The number of nitrogens with two attached hydrogens (primary N) is 1. The lowest BCUT2D eigenvalue weighted by molar-refractivity contribution is -0.118. The molecule has 2 N–H and O–H groups in total. The maximum absolute atomic E-state index is 13.4. The van der Waals surface area contributed by atoms with Crippen molar-refractivity contribution >= 4 is 34.0 Å². The molecule has 0 bridgehead atoms. The summed E-state index contributed by atoms with van der Waals surface area (Å²) in [4.78, 5) is 15.2. The van der Waals surface area contributed by atoms with Gasteiger partial charge in [0.15, 0.2) is 10.1 Å². The molecule has 1 aliphatic heterocycles. The SMILES string of the molecule is CSc1nnc(N2C(N)=C(C#N)C(c3ccc(C)cc3)C3=C2CC(C)(C)CC3=O)s1. The minimum Gasteiger partial charge on any atom is -0.384 e. The standard InChI is InChI=1S/C22H23N5OS2/c1-12-5-7-13(8-6-12)17-14(11-23)19(24)27(20-25-26-21(29-4)30-20)15-9-22(2,3)10-16(28)18(15)17/h5-8,17H,9-10,24H2,1-4H3. The number of allylic oxidation sites excluding steroid dienone is 3. The monoisotopic (exact) mass is 437 g/mol. The molecule has 1 unspecified atom stereocenters. The Bertz CT molecular complexity index is 1120. The van der Waals surface area contributed by atoms with Crippen LogP contribution in [0.4, 0.5) is 5.13 Å². The summed E-state index contributed by atoms with van der Waals surface area (Å²) in [5.74, 6) is -0.0683. The Morgan fingerprint density at radius 2 is 1.97 bits per heavy atom. The number of ketones is 1. The van der Waals surface area contributed by atoms with Crippen molar-refractivity contribution in [2.75, 3.05) is 11.2 Å². The molecule has 2 aliphatic rings. The van der Waals surface area contributed by atoms with Crippen molar-refractivity contribution in [3.63, 3.8) is 0 Å². The predicted octanol–water partition coefficient (Wildman–Crippen LogP) is 4.51. The zero-order valence-corrected chi connectivity index (χ0v) is 19.0. The normalized spacial score (nSPS) is 21.0. The molecular formula is C22H23N5OS2. The van der Waals surface area contributed by atoms with Crippen molar-refractivity contribution in [2.45, 2.75) is 43.9 Å².